The number of aromatic nitrogens is 2. The van der Waals surface area contributed by atoms with Gasteiger partial charge in [-0.1, -0.05) is 42.7 Å². The molecule has 0 bridgehead atoms. The number of nitrogens with zero attached hydrogens (tertiary/aromatic N) is 3. The summed E-state index contributed by atoms with van der Waals surface area (Å²) in [6, 6.07) is 5.46. The average molecular weight is 341 g/mol. The molecular formula is C16H18F3N3S. The van der Waals surface area contributed by atoms with Crippen LogP contribution in [0.4, 0.5) is 13.2 Å². The van der Waals surface area contributed by atoms with E-state index in [2.05, 4.69) is 5.10 Å². The summed E-state index contributed by atoms with van der Waals surface area (Å²) >= 11 is 1.42. The van der Waals surface area contributed by atoms with Gasteiger partial charge in [-0.3, -0.25) is 4.99 Å². The molecule has 3 nitrogen and oxygen atoms in total. The molecule has 0 aliphatic heterocycles. The van der Waals surface area contributed by atoms with Crippen molar-refractivity contribution in [3.8, 4) is 10.6 Å². The largest absolute Gasteiger partial charge is 0.416 e. The molecule has 0 radical (unpaired) electrons. The Labute approximate surface area is 136 Å². The summed E-state index contributed by atoms with van der Waals surface area (Å²) in [5.41, 5.74) is 0.0398. The Morgan fingerprint density at radius 3 is 2.39 bits per heavy atom. The lowest BCUT2D eigenvalue weighted by molar-refractivity contribution is -0.137. The molecule has 124 valence electrons. The van der Waals surface area contributed by atoms with Crippen LogP contribution in [0.2, 0.25) is 0 Å². The van der Waals surface area contributed by atoms with Gasteiger partial charge < -0.3 is 0 Å². The summed E-state index contributed by atoms with van der Waals surface area (Å²) in [7, 11) is 1.83. The second-order valence-electron chi connectivity index (χ2n) is 5.81. The van der Waals surface area contributed by atoms with Gasteiger partial charge in [-0.05, 0) is 25.0 Å². The summed E-state index contributed by atoms with van der Waals surface area (Å²) in [4.78, 5) is 5.59. The van der Waals surface area contributed by atoms with Crippen molar-refractivity contribution in [2.24, 2.45) is 12.0 Å². The molecular weight excluding hydrogens is 323 g/mol. The Hall–Kier alpha value is -1.63. The number of rotatable bonds is 2. The van der Waals surface area contributed by atoms with Crippen LogP contribution in [0.1, 0.15) is 37.7 Å². The fraction of sp³-hybridized carbons (Fsp3) is 0.500. The van der Waals surface area contributed by atoms with E-state index < -0.39 is 11.7 Å². The van der Waals surface area contributed by atoms with Gasteiger partial charge in [0.2, 0.25) is 4.80 Å². The first-order valence-electron chi connectivity index (χ1n) is 7.69. The first kappa shape index (κ1) is 16.2. The third-order valence-corrected chi connectivity index (χ3v) is 5.10. The summed E-state index contributed by atoms with van der Waals surface area (Å²) in [5.74, 6) is 0. The van der Waals surface area contributed by atoms with Crippen LogP contribution in [0.15, 0.2) is 29.3 Å². The molecule has 23 heavy (non-hydrogen) atoms. The highest BCUT2D eigenvalue weighted by Gasteiger charge is 2.30. The van der Waals surface area contributed by atoms with E-state index in [0.29, 0.717) is 16.6 Å². The number of hydrogen-bond donors (Lipinski definition) is 0. The smallest absolute Gasteiger partial charge is 0.254 e. The van der Waals surface area contributed by atoms with Gasteiger partial charge in [-0.15, -0.1) is 0 Å². The van der Waals surface area contributed by atoms with E-state index in [-0.39, 0.29) is 0 Å². The Kier molecular flexibility index (Phi) is 4.57. The van der Waals surface area contributed by atoms with Gasteiger partial charge >= 0.3 is 6.18 Å². The minimum absolute atomic E-state index is 0.343. The maximum absolute atomic E-state index is 12.6. The van der Waals surface area contributed by atoms with Crippen LogP contribution in [-0.2, 0) is 13.2 Å². The number of hydrogen-bond acceptors (Lipinski definition) is 3. The van der Waals surface area contributed by atoms with E-state index in [4.69, 9.17) is 4.99 Å². The lowest BCUT2D eigenvalue weighted by atomic mass is 9.96. The molecule has 0 N–H and O–H groups in total. The zero-order valence-corrected chi connectivity index (χ0v) is 13.6. The summed E-state index contributed by atoms with van der Waals surface area (Å²) in [5, 5.41) is 5.09. The highest BCUT2D eigenvalue weighted by atomic mass is 32.1. The van der Waals surface area contributed by atoms with Crippen molar-refractivity contribution >= 4 is 11.3 Å². The molecule has 0 amide bonds. The minimum Gasteiger partial charge on any atom is -0.254 e. The fourth-order valence-electron chi connectivity index (χ4n) is 2.75. The molecule has 1 aliphatic carbocycles. The highest BCUT2D eigenvalue weighted by Crippen LogP contribution is 2.31. The van der Waals surface area contributed by atoms with Crippen molar-refractivity contribution in [3.05, 3.63) is 34.6 Å². The van der Waals surface area contributed by atoms with Gasteiger partial charge in [0, 0.05) is 12.6 Å². The molecule has 0 spiro atoms. The first-order valence-corrected chi connectivity index (χ1v) is 8.51. The second kappa shape index (κ2) is 6.47. The van der Waals surface area contributed by atoms with Crippen LogP contribution >= 0.6 is 11.3 Å². The molecule has 3 rings (SSSR count). The maximum Gasteiger partial charge on any atom is 0.416 e. The van der Waals surface area contributed by atoms with Crippen molar-refractivity contribution in [1.29, 1.82) is 0 Å². The van der Waals surface area contributed by atoms with Crippen molar-refractivity contribution < 1.29 is 13.2 Å². The Balaban J connectivity index is 1.87. The molecule has 1 aromatic carbocycles. The van der Waals surface area contributed by atoms with Gasteiger partial charge in [0.15, 0.2) is 0 Å². The first-order chi connectivity index (χ1) is 10.9. The fourth-order valence-corrected chi connectivity index (χ4v) is 3.71. The Morgan fingerprint density at radius 1 is 1.13 bits per heavy atom. The van der Waals surface area contributed by atoms with Crippen LogP contribution in [0, 0.1) is 0 Å². The molecule has 1 fully saturated rings. The third kappa shape index (κ3) is 3.83. The van der Waals surface area contributed by atoms with E-state index in [1.165, 1.54) is 42.7 Å². The topological polar surface area (TPSA) is 30.2 Å². The van der Waals surface area contributed by atoms with Gasteiger partial charge in [-0.25, -0.2) is 4.68 Å². The highest BCUT2D eigenvalue weighted by molar-refractivity contribution is 7.12. The normalized spacial score (nSPS) is 17.7. The van der Waals surface area contributed by atoms with Crippen LogP contribution < -0.4 is 4.80 Å². The van der Waals surface area contributed by atoms with Crippen molar-refractivity contribution in [3.63, 3.8) is 0 Å². The molecule has 1 aliphatic rings. The van der Waals surface area contributed by atoms with Crippen molar-refractivity contribution in [1.82, 2.24) is 9.78 Å². The number of aryl methyl sites for hydroxylation is 1. The molecule has 0 atom stereocenters. The van der Waals surface area contributed by atoms with Crippen LogP contribution in [0.3, 0.4) is 0 Å². The van der Waals surface area contributed by atoms with Gasteiger partial charge in [0.05, 0.1) is 11.6 Å². The number of alkyl halides is 3. The predicted octanol–water partition coefficient (Wildman–Crippen LogP) is 4.40. The van der Waals surface area contributed by atoms with E-state index in [1.807, 2.05) is 7.05 Å². The quantitative estimate of drug-likeness (QED) is 0.796. The minimum atomic E-state index is -4.31. The van der Waals surface area contributed by atoms with Gasteiger partial charge in [0.25, 0.3) is 0 Å². The molecule has 0 saturated heterocycles. The summed E-state index contributed by atoms with van der Waals surface area (Å²) in [6.45, 7) is 0. The van der Waals surface area contributed by atoms with Crippen molar-refractivity contribution in [2.75, 3.05) is 0 Å². The molecule has 1 heterocycles. The molecule has 2 aromatic rings. The van der Waals surface area contributed by atoms with E-state index in [1.54, 1.807) is 4.68 Å². The van der Waals surface area contributed by atoms with E-state index in [9.17, 15) is 13.2 Å². The second-order valence-corrected chi connectivity index (χ2v) is 6.77. The Morgan fingerprint density at radius 2 is 1.78 bits per heavy atom. The zero-order chi connectivity index (χ0) is 16.4. The molecule has 1 aromatic heterocycles. The van der Waals surface area contributed by atoms with E-state index >= 15 is 0 Å². The van der Waals surface area contributed by atoms with Crippen LogP contribution in [0.25, 0.3) is 10.6 Å². The lowest BCUT2D eigenvalue weighted by Crippen LogP contribution is -2.18. The molecule has 0 unspecified atom stereocenters. The Bertz CT molecular complexity index is 722. The third-order valence-electron chi connectivity index (χ3n) is 4.03. The molecule has 1 saturated carbocycles. The van der Waals surface area contributed by atoms with Gasteiger partial charge in [0.1, 0.15) is 5.01 Å². The molecule has 7 heteroatoms. The van der Waals surface area contributed by atoms with Crippen LogP contribution in [0.5, 0.6) is 0 Å². The maximum atomic E-state index is 12.6. The zero-order valence-electron chi connectivity index (χ0n) is 12.8. The lowest BCUT2D eigenvalue weighted by Gasteiger charge is -2.16. The van der Waals surface area contributed by atoms with Crippen LogP contribution in [-0.4, -0.2) is 15.8 Å². The monoisotopic (exact) mass is 341 g/mol. The van der Waals surface area contributed by atoms with Gasteiger partial charge in [-0.2, -0.15) is 18.3 Å². The predicted molar refractivity (Wildman–Crippen MR) is 84.0 cm³/mol. The number of benzene rings is 1. The average Bonchev–Trinajstić information content (AvgIpc) is 2.89. The summed E-state index contributed by atoms with van der Waals surface area (Å²) < 4.78 is 39.6. The standard InChI is InChI=1S/C16H18F3N3S/c1-22-15(20-13-5-3-2-4-6-13)23-14(21-22)11-7-9-12(10-8-11)16(17,18)19/h7-10,13H,2-6H2,1H3. The van der Waals surface area contributed by atoms with Crippen molar-refractivity contribution in [2.45, 2.75) is 44.3 Å². The SMILES string of the molecule is Cn1nc(-c2ccc(C(F)(F)F)cc2)sc1=NC1CCCCC1. The number of halogens is 3. The van der Waals surface area contributed by atoms with E-state index in [0.717, 1.165) is 29.8 Å². The summed E-state index contributed by atoms with van der Waals surface area (Å²) in [6.07, 6.45) is 1.59.